The number of amides is 2. The lowest BCUT2D eigenvalue weighted by atomic mass is 10.0. The molecule has 40 heavy (non-hydrogen) atoms. The van der Waals surface area contributed by atoms with Crippen LogP contribution >= 0.6 is 0 Å². The molecule has 3 aromatic heterocycles. The third kappa shape index (κ3) is 5.63. The molecule has 4 heterocycles. The van der Waals surface area contributed by atoms with Crippen LogP contribution in [-0.4, -0.2) is 55.5 Å². The lowest BCUT2D eigenvalue weighted by molar-refractivity contribution is -0.212. The Morgan fingerprint density at radius 3 is 2.60 bits per heavy atom. The van der Waals surface area contributed by atoms with Crippen molar-refractivity contribution in [2.24, 2.45) is 0 Å². The summed E-state index contributed by atoms with van der Waals surface area (Å²) in [5.41, 5.74) is 1.21. The van der Waals surface area contributed by atoms with Crippen LogP contribution in [0.15, 0.2) is 36.8 Å². The van der Waals surface area contributed by atoms with Crippen molar-refractivity contribution in [2.75, 3.05) is 18.5 Å². The van der Waals surface area contributed by atoms with Gasteiger partial charge in [-0.05, 0) is 47.6 Å². The number of rotatable bonds is 5. The van der Waals surface area contributed by atoms with Gasteiger partial charge in [-0.2, -0.15) is 5.10 Å². The number of ether oxygens (including phenoxy) is 3. The molecule has 4 aromatic rings. The van der Waals surface area contributed by atoms with Crippen LogP contribution in [0.2, 0.25) is 0 Å². The number of carbonyl (C=O) groups excluding carboxylic acids is 2. The summed E-state index contributed by atoms with van der Waals surface area (Å²) in [6.07, 6.45) is 3.84. The van der Waals surface area contributed by atoms with Crippen molar-refractivity contribution in [1.82, 2.24) is 24.5 Å². The molecule has 2 amide bonds. The fraction of sp³-hybridized carbons (Fsp3) is 0.429. The summed E-state index contributed by atoms with van der Waals surface area (Å²) < 4.78 is 35.3. The minimum absolute atomic E-state index is 0.185. The molecule has 0 atom stereocenters. The Labute approximate surface area is 230 Å². The molecule has 12 heteroatoms. The smallest absolute Gasteiger partial charge is 0.408 e. The molecular weight excluding hydrogens is 519 g/mol. The molecule has 1 fully saturated rings. The number of imidazole rings is 1. The van der Waals surface area contributed by atoms with Crippen LogP contribution in [0.5, 0.6) is 0 Å². The highest BCUT2D eigenvalue weighted by Crippen LogP contribution is 2.33. The molecule has 0 aliphatic carbocycles. The summed E-state index contributed by atoms with van der Waals surface area (Å²) in [6.45, 7) is 11.9. The number of nitrogens with one attached hydrogen (secondary N) is 2. The molecule has 1 aliphatic heterocycles. The van der Waals surface area contributed by atoms with Gasteiger partial charge in [0, 0.05) is 42.2 Å². The summed E-state index contributed by atoms with van der Waals surface area (Å²) in [5, 5.41) is 10.9. The number of carbonyl (C=O) groups is 2. The van der Waals surface area contributed by atoms with Gasteiger partial charge < -0.3 is 29.2 Å². The van der Waals surface area contributed by atoms with Crippen LogP contribution < -0.4 is 10.6 Å². The minimum Gasteiger partial charge on any atom is -0.444 e. The quantitative estimate of drug-likeness (QED) is 0.367. The first-order chi connectivity index (χ1) is 18.8. The van der Waals surface area contributed by atoms with Crippen molar-refractivity contribution in [3.63, 3.8) is 0 Å². The van der Waals surface area contributed by atoms with E-state index in [1.54, 1.807) is 56.9 Å². The summed E-state index contributed by atoms with van der Waals surface area (Å²) in [7, 11) is 0. The van der Waals surface area contributed by atoms with Gasteiger partial charge in [0.25, 0.3) is 5.91 Å². The predicted octanol–water partition coefficient (Wildman–Crippen LogP) is 4.73. The number of hydrogen-bond acceptors (Lipinski definition) is 7. The first kappa shape index (κ1) is 27.5. The molecule has 0 unspecified atom stereocenters. The zero-order valence-electron chi connectivity index (χ0n) is 23.4. The van der Waals surface area contributed by atoms with E-state index < -0.39 is 35.2 Å². The third-order valence-electron chi connectivity index (χ3n) is 6.37. The third-order valence-corrected chi connectivity index (χ3v) is 6.37. The maximum absolute atomic E-state index is 14.6. The van der Waals surface area contributed by atoms with Crippen LogP contribution in [0, 0.1) is 12.7 Å². The Kier molecular flexibility index (Phi) is 7.01. The van der Waals surface area contributed by atoms with Crippen molar-refractivity contribution in [3.8, 4) is 0 Å². The van der Waals surface area contributed by atoms with Crippen LogP contribution in [0.25, 0.3) is 16.6 Å². The number of fused-ring (bicyclic) bond motifs is 2. The lowest BCUT2D eigenvalue weighted by Gasteiger charge is -2.38. The molecule has 1 aromatic carbocycles. The molecule has 1 saturated heterocycles. The van der Waals surface area contributed by atoms with E-state index in [9.17, 15) is 14.0 Å². The van der Waals surface area contributed by atoms with Crippen molar-refractivity contribution in [1.29, 1.82) is 0 Å². The van der Waals surface area contributed by atoms with Crippen LogP contribution in [0.3, 0.4) is 0 Å². The average molecular weight is 553 g/mol. The van der Waals surface area contributed by atoms with Crippen molar-refractivity contribution in [2.45, 2.75) is 65.5 Å². The minimum atomic E-state index is -0.782. The van der Waals surface area contributed by atoms with Crippen molar-refractivity contribution < 1.29 is 28.2 Å². The summed E-state index contributed by atoms with van der Waals surface area (Å²) in [5.74, 6) is -0.977. The Bertz CT molecular complexity index is 1600. The molecule has 0 saturated carbocycles. The Hall–Kier alpha value is -4.03. The van der Waals surface area contributed by atoms with Gasteiger partial charge >= 0.3 is 6.09 Å². The SMILES string of the molecule is CCn1cc2c(C3OCC(C)(NC(=O)OC(C)(C)C)CO3)ccc(C(=O)Nc3cc(F)c4nc(C)cn4c3)c2n1. The number of aromatic nitrogens is 4. The second-order valence-electron chi connectivity index (χ2n) is 11.2. The van der Waals surface area contributed by atoms with Gasteiger partial charge in [-0.3, -0.25) is 9.48 Å². The number of anilines is 1. The normalized spacial score (nSPS) is 19.6. The monoisotopic (exact) mass is 552 g/mol. The van der Waals surface area contributed by atoms with E-state index in [4.69, 9.17) is 14.2 Å². The van der Waals surface area contributed by atoms with Gasteiger partial charge in [0.05, 0.1) is 35.7 Å². The van der Waals surface area contributed by atoms with E-state index in [1.807, 2.05) is 20.0 Å². The summed E-state index contributed by atoms with van der Waals surface area (Å²) in [6, 6.07) is 4.65. The van der Waals surface area contributed by atoms with E-state index >= 15 is 0 Å². The van der Waals surface area contributed by atoms with Crippen LogP contribution in [0.1, 0.15) is 62.5 Å². The van der Waals surface area contributed by atoms with Gasteiger partial charge in [-0.15, -0.1) is 0 Å². The summed E-state index contributed by atoms with van der Waals surface area (Å²) in [4.78, 5) is 29.8. The second-order valence-corrected chi connectivity index (χ2v) is 11.2. The van der Waals surface area contributed by atoms with Crippen LogP contribution in [-0.2, 0) is 20.8 Å². The van der Waals surface area contributed by atoms with Gasteiger partial charge in [0.1, 0.15) is 11.1 Å². The molecule has 5 rings (SSSR count). The molecule has 0 radical (unpaired) electrons. The molecule has 0 spiro atoms. The topological polar surface area (TPSA) is 121 Å². The number of benzene rings is 1. The second kappa shape index (κ2) is 10.2. The fourth-order valence-electron chi connectivity index (χ4n) is 4.58. The van der Waals surface area contributed by atoms with E-state index in [2.05, 4.69) is 20.7 Å². The number of halogens is 1. The Morgan fingerprint density at radius 2 is 1.93 bits per heavy atom. The molecule has 11 nitrogen and oxygen atoms in total. The first-order valence-corrected chi connectivity index (χ1v) is 13.0. The van der Waals surface area contributed by atoms with E-state index in [1.165, 1.54) is 10.5 Å². The van der Waals surface area contributed by atoms with E-state index in [0.29, 0.717) is 34.3 Å². The number of hydrogen-bond donors (Lipinski definition) is 2. The van der Waals surface area contributed by atoms with Crippen LogP contribution in [0.4, 0.5) is 14.9 Å². The zero-order valence-corrected chi connectivity index (χ0v) is 23.4. The van der Waals surface area contributed by atoms with Gasteiger partial charge in [0.15, 0.2) is 17.8 Å². The maximum atomic E-state index is 14.6. The standard InChI is InChI=1S/C28H33FN6O5/c1-7-35-13-20-18(25-38-14-28(6,15-39-25)32-26(37)40-27(3,4)5)8-9-19(22(20)33-35)24(36)31-17-10-21(29)23-30-16(2)11-34(23)12-17/h8-13,25H,7,14-15H2,1-6H3,(H,31,36)(H,32,37). The fourth-order valence-corrected chi connectivity index (χ4v) is 4.58. The molecule has 1 aliphatic rings. The van der Waals surface area contributed by atoms with E-state index in [-0.39, 0.29) is 24.5 Å². The highest BCUT2D eigenvalue weighted by molar-refractivity contribution is 6.12. The van der Waals surface area contributed by atoms with Gasteiger partial charge in [-0.1, -0.05) is 6.07 Å². The number of pyridine rings is 1. The Morgan fingerprint density at radius 1 is 1.20 bits per heavy atom. The highest BCUT2D eigenvalue weighted by atomic mass is 19.1. The van der Waals surface area contributed by atoms with E-state index in [0.717, 1.165) is 0 Å². The molecule has 212 valence electrons. The summed E-state index contributed by atoms with van der Waals surface area (Å²) >= 11 is 0. The Balaban J connectivity index is 1.37. The molecular formula is C28H33FN6O5. The number of alkyl carbamates (subject to hydrolysis) is 1. The largest absolute Gasteiger partial charge is 0.444 e. The average Bonchev–Trinajstić information content (AvgIpc) is 3.46. The zero-order chi connectivity index (χ0) is 28.8. The number of nitrogens with zero attached hydrogens (tertiary/aromatic N) is 4. The predicted molar refractivity (Wildman–Crippen MR) is 146 cm³/mol. The maximum Gasteiger partial charge on any atom is 0.408 e. The first-order valence-electron chi connectivity index (χ1n) is 13.0. The lowest BCUT2D eigenvalue weighted by Crippen LogP contribution is -2.56. The van der Waals surface area contributed by atoms with Gasteiger partial charge in [-0.25, -0.2) is 14.2 Å². The van der Waals surface area contributed by atoms with Gasteiger partial charge in [0.2, 0.25) is 0 Å². The highest BCUT2D eigenvalue weighted by Gasteiger charge is 2.37. The van der Waals surface area contributed by atoms with Crippen molar-refractivity contribution >= 4 is 34.2 Å². The van der Waals surface area contributed by atoms with Crippen molar-refractivity contribution in [3.05, 3.63) is 59.4 Å². The number of aryl methyl sites for hydroxylation is 2. The molecule has 2 N–H and O–H groups in total. The molecule has 0 bridgehead atoms.